The number of benzene rings is 2. The Bertz CT molecular complexity index is 1190. The van der Waals surface area contributed by atoms with Gasteiger partial charge in [0.05, 0.1) is 17.8 Å². The summed E-state index contributed by atoms with van der Waals surface area (Å²) in [5, 5.41) is 0.894. The largest absolute Gasteiger partial charge is 0.463 e. The first kappa shape index (κ1) is 23.2. The van der Waals surface area contributed by atoms with Crippen LogP contribution < -0.4 is 0 Å². The van der Waals surface area contributed by atoms with Gasteiger partial charge in [0.1, 0.15) is 0 Å². The minimum absolute atomic E-state index is 0.120. The SMILES string of the molecule is CCCCOC(=O)/C=C/c1cc2c(CC)c(-c3ccccc3)n(C(C)=O)c2cc1C(C)=O. The van der Waals surface area contributed by atoms with Gasteiger partial charge in [0.2, 0.25) is 5.91 Å². The van der Waals surface area contributed by atoms with Crippen molar-refractivity contribution in [3.8, 4) is 11.3 Å². The van der Waals surface area contributed by atoms with Crippen LogP contribution in [0.4, 0.5) is 0 Å². The molecule has 0 aliphatic heterocycles. The predicted octanol–water partition coefficient (Wildman–Crippen LogP) is 6.09. The van der Waals surface area contributed by atoms with Crippen molar-refractivity contribution in [2.75, 3.05) is 6.61 Å². The number of aromatic nitrogens is 1. The summed E-state index contributed by atoms with van der Waals surface area (Å²) >= 11 is 0. The standard InChI is InChI=1S/C27H29NO4/c1-5-7-15-32-26(31)14-13-21-16-24-22(6-2)27(20-11-9-8-10-12-20)28(19(4)30)25(24)17-23(21)18(3)29/h8-14,16-17H,5-7,15H2,1-4H3/b14-13+. The highest BCUT2D eigenvalue weighted by Crippen LogP contribution is 2.36. The van der Waals surface area contributed by atoms with Crippen molar-refractivity contribution in [2.45, 2.75) is 47.0 Å². The monoisotopic (exact) mass is 431 g/mol. The smallest absolute Gasteiger partial charge is 0.330 e. The van der Waals surface area contributed by atoms with E-state index in [9.17, 15) is 14.4 Å². The number of nitrogens with zero attached hydrogens (tertiary/aromatic N) is 1. The second kappa shape index (κ2) is 10.2. The van der Waals surface area contributed by atoms with Crippen LogP contribution in [0.2, 0.25) is 0 Å². The van der Waals surface area contributed by atoms with Crippen LogP contribution in [-0.4, -0.2) is 28.8 Å². The van der Waals surface area contributed by atoms with Gasteiger partial charge in [-0.1, -0.05) is 50.6 Å². The van der Waals surface area contributed by atoms with Crippen molar-refractivity contribution < 1.29 is 19.1 Å². The number of fused-ring (bicyclic) bond motifs is 1. The highest BCUT2D eigenvalue weighted by Gasteiger charge is 2.22. The lowest BCUT2D eigenvalue weighted by atomic mass is 9.98. The number of ether oxygens (including phenoxy) is 1. The Morgan fingerprint density at radius 2 is 1.75 bits per heavy atom. The second-order valence-electron chi connectivity index (χ2n) is 7.77. The number of carbonyl (C=O) groups is 3. The number of aryl methyl sites for hydroxylation is 1. The fourth-order valence-electron chi connectivity index (χ4n) is 3.96. The summed E-state index contributed by atoms with van der Waals surface area (Å²) in [4.78, 5) is 37.2. The van der Waals surface area contributed by atoms with Crippen LogP contribution in [0, 0.1) is 0 Å². The number of Topliss-reactive ketones (excluding diaryl/α,β-unsaturated/α-hetero) is 1. The van der Waals surface area contributed by atoms with Gasteiger partial charge in [-0.05, 0) is 54.7 Å². The quantitative estimate of drug-likeness (QED) is 0.187. The molecule has 5 heteroatoms. The molecular weight excluding hydrogens is 402 g/mol. The van der Waals surface area contributed by atoms with Crippen molar-refractivity contribution in [3.63, 3.8) is 0 Å². The normalized spacial score (nSPS) is 11.2. The third kappa shape index (κ3) is 4.72. The number of hydrogen-bond acceptors (Lipinski definition) is 4. The van der Waals surface area contributed by atoms with Gasteiger partial charge < -0.3 is 4.74 Å². The van der Waals surface area contributed by atoms with Crippen LogP contribution in [0.25, 0.3) is 28.2 Å². The third-order valence-electron chi connectivity index (χ3n) is 5.48. The lowest BCUT2D eigenvalue weighted by Crippen LogP contribution is -2.08. The molecule has 0 N–H and O–H groups in total. The average molecular weight is 432 g/mol. The zero-order chi connectivity index (χ0) is 23.3. The maximum Gasteiger partial charge on any atom is 0.330 e. The zero-order valence-corrected chi connectivity index (χ0v) is 19.1. The Hall–Kier alpha value is -3.47. The van der Waals surface area contributed by atoms with Crippen molar-refractivity contribution in [3.05, 3.63) is 65.2 Å². The van der Waals surface area contributed by atoms with Gasteiger partial charge in [0, 0.05) is 23.9 Å². The Balaban J connectivity index is 2.21. The predicted molar refractivity (Wildman–Crippen MR) is 128 cm³/mol. The van der Waals surface area contributed by atoms with E-state index in [1.165, 1.54) is 19.9 Å². The molecule has 0 aliphatic carbocycles. The lowest BCUT2D eigenvalue weighted by Gasteiger charge is -2.09. The van der Waals surface area contributed by atoms with E-state index in [0.29, 0.717) is 29.7 Å². The highest BCUT2D eigenvalue weighted by molar-refractivity contribution is 6.07. The maximum absolute atomic E-state index is 12.7. The molecular formula is C27H29NO4. The Morgan fingerprint density at radius 1 is 1.03 bits per heavy atom. The molecule has 1 heterocycles. The van der Waals surface area contributed by atoms with Gasteiger partial charge in [-0.3, -0.25) is 14.2 Å². The van der Waals surface area contributed by atoms with Crippen molar-refractivity contribution in [1.82, 2.24) is 4.57 Å². The van der Waals surface area contributed by atoms with Crippen LogP contribution >= 0.6 is 0 Å². The number of carbonyl (C=O) groups excluding carboxylic acids is 3. The first-order valence-electron chi connectivity index (χ1n) is 11.0. The lowest BCUT2D eigenvalue weighted by molar-refractivity contribution is -0.137. The fraction of sp³-hybridized carbons (Fsp3) is 0.296. The highest BCUT2D eigenvalue weighted by atomic mass is 16.5. The number of hydrogen-bond donors (Lipinski definition) is 0. The molecule has 0 radical (unpaired) electrons. The van der Waals surface area contributed by atoms with Crippen LogP contribution in [-0.2, 0) is 16.0 Å². The van der Waals surface area contributed by atoms with Gasteiger partial charge in [0.25, 0.3) is 0 Å². The Labute approximate surface area is 188 Å². The van der Waals surface area contributed by atoms with Crippen molar-refractivity contribution in [1.29, 1.82) is 0 Å². The van der Waals surface area contributed by atoms with E-state index in [-0.39, 0.29) is 11.7 Å². The fourth-order valence-corrected chi connectivity index (χ4v) is 3.96. The molecule has 0 aliphatic rings. The number of ketones is 1. The van der Waals surface area contributed by atoms with Gasteiger partial charge in [-0.2, -0.15) is 0 Å². The molecule has 0 saturated heterocycles. The van der Waals surface area contributed by atoms with E-state index in [0.717, 1.165) is 35.0 Å². The van der Waals surface area contributed by atoms with E-state index >= 15 is 0 Å². The van der Waals surface area contributed by atoms with E-state index in [1.54, 1.807) is 16.7 Å². The molecule has 0 fully saturated rings. The average Bonchev–Trinajstić information content (AvgIpc) is 3.11. The molecule has 0 unspecified atom stereocenters. The molecule has 3 rings (SSSR count). The van der Waals surface area contributed by atoms with Gasteiger partial charge >= 0.3 is 5.97 Å². The van der Waals surface area contributed by atoms with E-state index in [2.05, 4.69) is 0 Å². The molecule has 1 aromatic heterocycles. The number of unbranched alkanes of at least 4 members (excludes halogenated alkanes) is 1. The van der Waals surface area contributed by atoms with Crippen molar-refractivity contribution >= 4 is 34.6 Å². The summed E-state index contributed by atoms with van der Waals surface area (Å²) < 4.78 is 6.87. The van der Waals surface area contributed by atoms with Crippen molar-refractivity contribution in [2.24, 2.45) is 0 Å². The van der Waals surface area contributed by atoms with E-state index < -0.39 is 5.97 Å². The molecule has 0 bridgehead atoms. The summed E-state index contributed by atoms with van der Waals surface area (Å²) in [6.45, 7) is 7.46. The first-order chi connectivity index (χ1) is 15.4. The first-order valence-corrected chi connectivity index (χ1v) is 11.0. The zero-order valence-electron chi connectivity index (χ0n) is 19.1. The molecule has 0 spiro atoms. The molecule has 3 aromatic rings. The molecule has 2 aromatic carbocycles. The van der Waals surface area contributed by atoms with Gasteiger partial charge in [-0.25, -0.2) is 4.79 Å². The summed E-state index contributed by atoms with van der Waals surface area (Å²) in [6, 6.07) is 13.4. The molecule has 166 valence electrons. The minimum atomic E-state index is -0.435. The Kier molecular flexibility index (Phi) is 7.41. The molecule has 0 amide bonds. The van der Waals surface area contributed by atoms with E-state index in [4.69, 9.17) is 4.74 Å². The molecule has 0 saturated carbocycles. The van der Waals surface area contributed by atoms with E-state index in [1.807, 2.05) is 50.2 Å². The molecule has 32 heavy (non-hydrogen) atoms. The number of esters is 1. The van der Waals surface area contributed by atoms with Crippen LogP contribution in [0.3, 0.4) is 0 Å². The topological polar surface area (TPSA) is 65.4 Å². The van der Waals surface area contributed by atoms with Gasteiger partial charge in [0.15, 0.2) is 5.78 Å². The summed E-state index contributed by atoms with van der Waals surface area (Å²) in [5.41, 5.74) is 4.59. The van der Waals surface area contributed by atoms with Crippen LogP contribution in [0.15, 0.2) is 48.5 Å². The van der Waals surface area contributed by atoms with Gasteiger partial charge in [-0.15, -0.1) is 0 Å². The maximum atomic E-state index is 12.7. The number of rotatable bonds is 8. The molecule has 5 nitrogen and oxygen atoms in total. The van der Waals surface area contributed by atoms with Crippen LogP contribution in [0.5, 0.6) is 0 Å². The van der Waals surface area contributed by atoms with Crippen LogP contribution in [0.1, 0.15) is 66.8 Å². The summed E-state index contributed by atoms with van der Waals surface area (Å²) in [5.74, 6) is -0.692. The second-order valence-corrected chi connectivity index (χ2v) is 7.77. The molecule has 0 atom stereocenters. The third-order valence-corrected chi connectivity index (χ3v) is 5.48. The summed E-state index contributed by atoms with van der Waals surface area (Å²) in [7, 11) is 0. The Morgan fingerprint density at radius 3 is 2.34 bits per heavy atom. The minimum Gasteiger partial charge on any atom is -0.463 e. The summed E-state index contributed by atoms with van der Waals surface area (Å²) in [6.07, 6.45) is 5.44.